The van der Waals surface area contributed by atoms with Crippen molar-refractivity contribution < 1.29 is 17.5 Å². The molecule has 0 N–H and O–H groups in total. The Labute approximate surface area is 172 Å². The van der Waals surface area contributed by atoms with E-state index in [0.29, 0.717) is 29.8 Å². The molecular formula is C22H29FN2O3S. The number of benzene rings is 1. The van der Waals surface area contributed by atoms with E-state index < -0.39 is 15.5 Å². The maximum Gasteiger partial charge on any atom is 0.213 e. The Kier molecular flexibility index (Phi) is 6.58. The number of piperidine rings is 1. The second-order valence-corrected chi connectivity index (χ2v) is 10.4. The van der Waals surface area contributed by atoms with E-state index in [1.165, 1.54) is 6.26 Å². The standard InChI is InChI=1S/C22H29FN2O3S/c1-22(2,23)16-25-12-10-17(11-13-25)15-28-21-9-6-19(14-24-21)18-4-7-20(8-5-18)29(3,26)27/h4-9,14,17H,10-13,15-16H2,1-3H3. The van der Waals surface area contributed by atoms with Gasteiger partial charge in [0, 0.05) is 30.6 Å². The molecular weight excluding hydrogens is 391 g/mol. The van der Waals surface area contributed by atoms with Crippen molar-refractivity contribution in [2.75, 3.05) is 32.5 Å². The van der Waals surface area contributed by atoms with Gasteiger partial charge in [0.25, 0.3) is 0 Å². The molecule has 1 aliphatic rings. The summed E-state index contributed by atoms with van der Waals surface area (Å²) < 4.78 is 42.7. The third-order valence-corrected chi connectivity index (χ3v) is 6.25. The van der Waals surface area contributed by atoms with E-state index in [0.717, 1.165) is 37.1 Å². The van der Waals surface area contributed by atoms with Crippen LogP contribution in [0.15, 0.2) is 47.5 Å². The van der Waals surface area contributed by atoms with Gasteiger partial charge in [0.15, 0.2) is 9.84 Å². The monoisotopic (exact) mass is 420 g/mol. The van der Waals surface area contributed by atoms with Crippen LogP contribution in [0, 0.1) is 5.92 Å². The molecule has 158 valence electrons. The molecule has 1 fully saturated rings. The molecule has 0 spiro atoms. The number of hydrogen-bond acceptors (Lipinski definition) is 5. The van der Waals surface area contributed by atoms with Gasteiger partial charge in [0.2, 0.25) is 5.88 Å². The molecule has 2 aromatic rings. The van der Waals surface area contributed by atoms with E-state index in [1.54, 1.807) is 44.3 Å². The zero-order valence-corrected chi connectivity index (χ0v) is 18.1. The fourth-order valence-corrected chi connectivity index (χ4v) is 4.21. The van der Waals surface area contributed by atoms with Crippen molar-refractivity contribution >= 4 is 9.84 Å². The highest BCUT2D eigenvalue weighted by molar-refractivity contribution is 7.90. The molecule has 1 saturated heterocycles. The SMILES string of the molecule is CC(C)(F)CN1CCC(COc2ccc(-c3ccc(S(C)(=O)=O)cc3)cn2)CC1. The number of ether oxygens (including phenoxy) is 1. The Morgan fingerprint density at radius 1 is 1.10 bits per heavy atom. The molecule has 0 unspecified atom stereocenters. The lowest BCUT2D eigenvalue weighted by atomic mass is 9.97. The van der Waals surface area contributed by atoms with Crippen LogP contribution in [0.4, 0.5) is 4.39 Å². The third-order valence-electron chi connectivity index (χ3n) is 5.13. The summed E-state index contributed by atoms with van der Waals surface area (Å²) in [5, 5.41) is 0. The van der Waals surface area contributed by atoms with Crippen molar-refractivity contribution in [1.29, 1.82) is 0 Å². The van der Waals surface area contributed by atoms with Crippen LogP contribution in [0.3, 0.4) is 0 Å². The summed E-state index contributed by atoms with van der Waals surface area (Å²) in [6.07, 6.45) is 4.93. The minimum atomic E-state index is -3.20. The lowest BCUT2D eigenvalue weighted by molar-refractivity contribution is 0.0830. The van der Waals surface area contributed by atoms with Gasteiger partial charge in [-0.2, -0.15) is 0 Å². The molecule has 1 aromatic carbocycles. The molecule has 1 aromatic heterocycles. The maximum atomic E-state index is 13.8. The van der Waals surface area contributed by atoms with Gasteiger partial charge in [-0.15, -0.1) is 0 Å². The smallest absolute Gasteiger partial charge is 0.213 e. The molecule has 0 bridgehead atoms. The second-order valence-electron chi connectivity index (χ2n) is 8.43. The first-order chi connectivity index (χ1) is 13.6. The first-order valence-electron chi connectivity index (χ1n) is 9.91. The van der Waals surface area contributed by atoms with Crippen LogP contribution in [0.25, 0.3) is 11.1 Å². The van der Waals surface area contributed by atoms with Gasteiger partial charge in [-0.3, -0.25) is 0 Å². The number of sulfone groups is 1. The van der Waals surface area contributed by atoms with Crippen molar-refractivity contribution in [2.24, 2.45) is 5.92 Å². The van der Waals surface area contributed by atoms with E-state index in [2.05, 4.69) is 9.88 Å². The van der Waals surface area contributed by atoms with Crippen molar-refractivity contribution in [3.8, 4) is 17.0 Å². The Morgan fingerprint density at radius 3 is 2.24 bits per heavy atom. The molecule has 5 nitrogen and oxygen atoms in total. The predicted molar refractivity (Wildman–Crippen MR) is 113 cm³/mol. The molecule has 0 radical (unpaired) electrons. The van der Waals surface area contributed by atoms with Gasteiger partial charge in [0.1, 0.15) is 5.67 Å². The molecule has 0 aliphatic carbocycles. The lowest BCUT2D eigenvalue weighted by Crippen LogP contribution is -2.41. The molecule has 0 saturated carbocycles. The molecule has 0 atom stereocenters. The normalized spacial score (nSPS) is 16.7. The highest BCUT2D eigenvalue weighted by Gasteiger charge is 2.25. The number of aromatic nitrogens is 1. The number of alkyl halides is 1. The number of hydrogen-bond donors (Lipinski definition) is 0. The molecule has 2 heterocycles. The number of rotatable bonds is 7. The number of likely N-dealkylation sites (tertiary alicyclic amines) is 1. The third kappa shape index (κ3) is 6.51. The van der Waals surface area contributed by atoms with Crippen LogP contribution in [0.2, 0.25) is 0 Å². The number of pyridine rings is 1. The quantitative estimate of drug-likeness (QED) is 0.678. The zero-order valence-electron chi connectivity index (χ0n) is 17.3. The molecule has 0 amide bonds. The van der Waals surface area contributed by atoms with Crippen molar-refractivity contribution in [3.63, 3.8) is 0 Å². The molecule has 7 heteroatoms. The Balaban J connectivity index is 1.50. The van der Waals surface area contributed by atoms with E-state index >= 15 is 0 Å². The maximum absolute atomic E-state index is 13.8. The molecule has 29 heavy (non-hydrogen) atoms. The summed E-state index contributed by atoms with van der Waals surface area (Å²) >= 11 is 0. The summed E-state index contributed by atoms with van der Waals surface area (Å²) in [6.45, 7) is 6.14. The van der Waals surface area contributed by atoms with E-state index in [4.69, 9.17) is 4.74 Å². The Hall–Kier alpha value is -1.99. The Morgan fingerprint density at radius 2 is 1.72 bits per heavy atom. The van der Waals surface area contributed by atoms with Gasteiger partial charge in [0.05, 0.1) is 11.5 Å². The topological polar surface area (TPSA) is 59.5 Å². The van der Waals surface area contributed by atoms with Gasteiger partial charge < -0.3 is 9.64 Å². The van der Waals surface area contributed by atoms with Crippen molar-refractivity contribution in [3.05, 3.63) is 42.6 Å². The minimum absolute atomic E-state index is 0.301. The van der Waals surface area contributed by atoms with Gasteiger partial charge in [-0.1, -0.05) is 12.1 Å². The van der Waals surface area contributed by atoms with Crippen molar-refractivity contribution in [1.82, 2.24) is 9.88 Å². The summed E-state index contributed by atoms with van der Waals surface area (Å²) in [6, 6.07) is 10.5. The van der Waals surface area contributed by atoms with Crippen LogP contribution in [-0.4, -0.2) is 56.5 Å². The number of halogens is 1. The fourth-order valence-electron chi connectivity index (χ4n) is 3.58. The highest BCUT2D eigenvalue weighted by atomic mass is 32.2. The Bertz CT molecular complexity index is 899. The lowest BCUT2D eigenvalue weighted by Gasteiger charge is -2.34. The van der Waals surface area contributed by atoms with Crippen LogP contribution < -0.4 is 4.74 Å². The summed E-state index contributed by atoms with van der Waals surface area (Å²) in [5.41, 5.74) is 0.652. The van der Waals surface area contributed by atoms with Gasteiger partial charge in [-0.05, 0) is 69.5 Å². The largest absolute Gasteiger partial charge is 0.477 e. The van der Waals surface area contributed by atoms with Gasteiger partial charge in [-0.25, -0.2) is 17.8 Å². The summed E-state index contributed by atoms with van der Waals surface area (Å²) in [5.74, 6) is 1.04. The average Bonchev–Trinajstić information content (AvgIpc) is 2.66. The van der Waals surface area contributed by atoms with Crippen LogP contribution in [-0.2, 0) is 9.84 Å². The first-order valence-corrected chi connectivity index (χ1v) is 11.8. The average molecular weight is 421 g/mol. The van der Waals surface area contributed by atoms with Gasteiger partial charge >= 0.3 is 0 Å². The van der Waals surface area contributed by atoms with Crippen LogP contribution >= 0.6 is 0 Å². The summed E-state index contributed by atoms with van der Waals surface area (Å²) in [7, 11) is -3.20. The van der Waals surface area contributed by atoms with Crippen LogP contribution in [0.1, 0.15) is 26.7 Å². The predicted octanol–water partition coefficient (Wildman–Crippen LogP) is 3.99. The first kappa shape index (κ1) is 21.7. The van der Waals surface area contributed by atoms with E-state index in [1.807, 2.05) is 12.1 Å². The van der Waals surface area contributed by atoms with E-state index in [-0.39, 0.29) is 0 Å². The summed E-state index contributed by atoms with van der Waals surface area (Å²) in [4.78, 5) is 6.85. The second kappa shape index (κ2) is 8.79. The highest BCUT2D eigenvalue weighted by Crippen LogP contribution is 2.24. The molecule has 3 rings (SSSR count). The zero-order chi connectivity index (χ0) is 21.1. The molecule has 1 aliphatic heterocycles. The van der Waals surface area contributed by atoms with Crippen LogP contribution in [0.5, 0.6) is 5.88 Å². The fraction of sp³-hybridized carbons (Fsp3) is 0.500. The number of nitrogens with zero attached hydrogens (tertiary/aromatic N) is 2. The minimum Gasteiger partial charge on any atom is -0.477 e. The van der Waals surface area contributed by atoms with Crippen molar-refractivity contribution in [2.45, 2.75) is 37.3 Å². The van der Waals surface area contributed by atoms with E-state index in [9.17, 15) is 12.8 Å².